The van der Waals surface area contributed by atoms with E-state index in [0.717, 1.165) is 43.2 Å². The lowest BCUT2D eigenvalue weighted by atomic mass is 10.0. The smallest absolute Gasteiger partial charge is 0.225 e. The fourth-order valence-electron chi connectivity index (χ4n) is 3.08. The summed E-state index contributed by atoms with van der Waals surface area (Å²) in [6.45, 7) is 3.19. The molecule has 0 saturated carbocycles. The lowest BCUT2D eigenvalue weighted by Gasteiger charge is -2.33. The highest BCUT2D eigenvalue weighted by atomic mass is 35.5. The van der Waals surface area contributed by atoms with Gasteiger partial charge in [-0.15, -0.1) is 11.8 Å². The minimum Gasteiger partial charge on any atom is -0.366 e. The van der Waals surface area contributed by atoms with Gasteiger partial charge in [0.1, 0.15) is 11.0 Å². The molecule has 1 aliphatic rings. The minimum absolute atomic E-state index is 0.411. The first-order valence-electron chi connectivity index (χ1n) is 8.51. The molecule has 1 fully saturated rings. The molecule has 1 aromatic carbocycles. The third kappa shape index (κ3) is 4.77. The summed E-state index contributed by atoms with van der Waals surface area (Å²) in [5.74, 6) is 1.38. The molecular weight excluding hydrogens is 354 g/mol. The molecule has 1 saturated heterocycles. The molecule has 0 amide bonds. The number of piperidine rings is 1. The van der Waals surface area contributed by atoms with Crippen molar-refractivity contribution in [1.29, 1.82) is 0 Å². The number of hydrogen-bond acceptors (Lipinski definition) is 6. The Balaban J connectivity index is 1.60. The first kappa shape index (κ1) is 18.3. The average molecular weight is 378 g/mol. The maximum absolute atomic E-state index is 6.28. The van der Waals surface area contributed by atoms with Crippen LogP contribution in [0.3, 0.4) is 0 Å². The van der Waals surface area contributed by atoms with Gasteiger partial charge in [-0.25, -0.2) is 0 Å². The molecule has 0 atom stereocenters. The van der Waals surface area contributed by atoms with Crippen molar-refractivity contribution in [3.05, 3.63) is 41.0 Å². The van der Waals surface area contributed by atoms with Gasteiger partial charge in [0.05, 0.1) is 4.90 Å². The van der Waals surface area contributed by atoms with E-state index in [0.29, 0.717) is 17.1 Å². The van der Waals surface area contributed by atoms with Crippen LogP contribution >= 0.6 is 23.4 Å². The number of halogens is 1. The van der Waals surface area contributed by atoms with E-state index in [1.54, 1.807) is 18.8 Å². The number of nitrogens with one attached hydrogen (secondary N) is 2. The van der Waals surface area contributed by atoms with Crippen molar-refractivity contribution < 1.29 is 0 Å². The van der Waals surface area contributed by atoms with Crippen LogP contribution in [-0.4, -0.2) is 47.3 Å². The summed E-state index contributed by atoms with van der Waals surface area (Å²) in [4.78, 5) is 12.2. The van der Waals surface area contributed by atoms with Crippen LogP contribution in [0.5, 0.6) is 0 Å². The number of hydrogen-bond donors (Lipinski definition) is 2. The molecule has 2 N–H and O–H groups in total. The Morgan fingerprint density at radius 3 is 2.56 bits per heavy atom. The van der Waals surface area contributed by atoms with Crippen LogP contribution in [0.25, 0.3) is 0 Å². The number of anilines is 2. The molecule has 2 aromatic rings. The van der Waals surface area contributed by atoms with Gasteiger partial charge in [0, 0.05) is 32.7 Å². The first-order valence-corrected chi connectivity index (χ1v) is 10.1. The molecule has 0 radical (unpaired) electrons. The van der Waals surface area contributed by atoms with Gasteiger partial charge < -0.3 is 10.6 Å². The molecule has 0 spiro atoms. The average Bonchev–Trinajstić information content (AvgIpc) is 2.64. The molecule has 3 rings (SSSR count). The summed E-state index contributed by atoms with van der Waals surface area (Å²) >= 11 is 7.86. The van der Waals surface area contributed by atoms with Gasteiger partial charge in [-0.3, -0.25) is 4.90 Å². The topological polar surface area (TPSA) is 53.1 Å². The Kier molecular flexibility index (Phi) is 6.39. The Morgan fingerprint density at radius 1 is 1.20 bits per heavy atom. The predicted molar refractivity (Wildman–Crippen MR) is 107 cm³/mol. The molecule has 134 valence electrons. The number of aromatic nitrogens is 2. The Bertz CT molecular complexity index is 689. The van der Waals surface area contributed by atoms with E-state index in [4.69, 9.17) is 11.6 Å². The van der Waals surface area contributed by atoms with E-state index in [-0.39, 0.29) is 0 Å². The Labute approximate surface area is 158 Å². The van der Waals surface area contributed by atoms with Crippen LogP contribution in [0, 0.1) is 0 Å². The van der Waals surface area contributed by atoms with Crippen molar-refractivity contribution in [2.24, 2.45) is 0 Å². The second-order valence-electron chi connectivity index (χ2n) is 6.15. The Morgan fingerprint density at radius 2 is 1.92 bits per heavy atom. The van der Waals surface area contributed by atoms with E-state index < -0.39 is 0 Å². The molecule has 0 bridgehead atoms. The maximum atomic E-state index is 6.28. The van der Waals surface area contributed by atoms with E-state index in [9.17, 15) is 0 Å². The monoisotopic (exact) mass is 377 g/mol. The highest BCUT2D eigenvalue weighted by Crippen LogP contribution is 2.32. The molecule has 7 heteroatoms. The van der Waals surface area contributed by atoms with Gasteiger partial charge in [-0.1, -0.05) is 41.9 Å². The van der Waals surface area contributed by atoms with Crippen LogP contribution in [-0.2, 0) is 6.54 Å². The second kappa shape index (κ2) is 8.74. The summed E-state index contributed by atoms with van der Waals surface area (Å²) in [7, 11) is 1.80. The van der Waals surface area contributed by atoms with Crippen LogP contribution in [0.4, 0.5) is 11.8 Å². The van der Waals surface area contributed by atoms with Crippen LogP contribution < -0.4 is 10.6 Å². The third-order valence-electron chi connectivity index (χ3n) is 4.43. The molecule has 1 aliphatic heterocycles. The fourth-order valence-corrected chi connectivity index (χ4v) is 4.00. The molecule has 0 unspecified atom stereocenters. The summed E-state index contributed by atoms with van der Waals surface area (Å²) in [6, 6.07) is 11.1. The van der Waals surface area contributed by atoms with Crippen LogP contribution in [0.2, 0.25) is 5.15 Å². The van der Waals surface area contributed by atoms with E-state index in [2.05, 4.69) is 55.8 Å². The van der Waals surface area contributed by atoms with Crippen molar-refractivity contribution in [2.45, 2.75) is 30.3 Å². The van der Waals surface area contributed by atoms with Crippen molar-refractivity contribution in [1.82, 2.24) is 14.9 Å². The van der Waals surface area contributed by atoms with Crippen molar-refractivity contribution in [2.75, 3.05) is 37.0 Å². The van der Waals surface area contributed by atoms with Gasteiger partial charge in [-0.05, 0) is 24.7 Å². The molecule has 25 heavy (non-hydrogen) atoms. The number of benzene rings is 1. The number of rotatable bonds is 6. The second-order valence-corrected chi connectivity index (χ2v) is 7.32. The van der Waals surface area contributed by atoms with Gasteiger partial charge in [0.15, 0.2) is 0 Å². The minimum atomic E-state index is 0.411. The Hall–Kier alpha value is -1.50. The highest BCUT2D eigenvalue weighted by molar-refractivity contribution is 7.98. The summed E-state index contributed by atoms with van der Waals surface area (Å²) < 4.78 is 0. The molecule has 0 aliphatic carbocycles. The molecule has 2 heterocycles. The summed E-state index contributed by atoms with van der Waals surface area (Å²) in [5.41, 5.74) is 1.37. The zero-order valence-electron chi connectivity index (χ0n) is 14.6. The quantitative estimate of drug-likeness (QED) is 0.586. The highest BCUT2D eigenvalue weighted by Gasteiger charge is 2.21. The zero-order valence-corrected chi connectivity index (χ0v) is 16.2. The van der Waals surface area contributed by atoms with E-state index in [1.165, 1.54) is 5.56 Å². The standard InChI is InChI=1S/C18H24ClN5S/c1-20-18-22-16(19)15(25-2)17(23-18)21-14-8-10-24(11-9-14)12-13-6-4-3-5-7-13/h3-7,14H,8-12H2,1-2H3,(H2,20,21,22,23). The normalized spacial score (nSPS) is 16.0. The van der Waals surface area contributed by atoms with E-state index >= 15 is 0 Å². The third-order valence-corrected chi connectivity index (χ3v) is 5.61. The lowest BCUT2D eigenvalue weighted by molar-refractivity contribution is 0.211. The number of likely N-dealkylation sites (tertiary alicyclic amines) is 1. The van der Waals surface area contributed by atoms with E-state index in [1.807, 2.05) is 6.26 Å². The molecule has 5 nitrogen and oxygen atoms in total. The predicted octanol–water partition coefficient (Wildman–Crippen LogP) is 3.97. The lowest BCUT2D eigenvalue weighted by Crippen LogP contribution is -2.38. The van der Waals surface area contributed by atoms with Gasteiger partial charge in [-0.2, -0.15) is 9.97 Å². The van der Waals surface area contributed by atoms with Crippen molar-refractivity contribution in [3.8, 4) is 0 Å². The van der Waals surface area contributed by atoms with Gasteiger partial charge in [0.25, 0.3) is 0 Å². The van der Waals surface area contributed by atoms with Crippen LogP contribution in [0.1, 0.15) is 18.4 Å². The van der Waals surface area contributed by atoms with Crippen molar-refractivity contribution in [3.63, 3.8) is 0 Å². The van der Waals surface area contributed by atoms with Crippen LogP contribution in [0.15, 0.2) is 35.2 Å². The summed E-state index contributed by atoms with van der Waals surface area (Å²) in [5, 5.41) is 7.04. The fraction of sp³-hybridized carbons (Fsp3) is 0.444. The number of thioether (sulfide) groups is 1. The largest absolute Gasteiger partial charge is 0.366 e. The molecule has 1 aromatic heterocycles. The molecular formula is C18H24ClN5S. The van der Waals surface area contributed by atoms with Crippen molar-refractivity contribution >= 4 is 35.1 Å². The number of nitrogens with zero attached hydrogens (tertiary/aromatic N) is 3. The first-order chi connectivity index (χ1) is 12.2. The SMILES string of the molecule is CNc1nc(Cl)c(SC)c(NC2CCN(Cc3ccccc3)CC2)n1. The summed E-state index contributed by atoms with van der Waals surface area (Å²) in [6.07, 6.45) is 4.19. The van der Waals surface area contributed by atoms with Gasteiger partial charge >= 0.3 is 0 Å². The van der Waals surface area contributed by atoms with Gasteiger partial charge in [0.2, 0.25) is 5.95 Å². The maximum Gasteiger partial charge on any atom is 0.225 e. The zero-order chi connectivity index (χ0) is 17.6.